The second-order valence-electron chi connectivity index (χ2n) is 5.17. The lowest BCUT2D eigenvalue weighted by Gasteiger charge is -2.35. The van der Waals surface area contributed by atoms with Crippen LogP contribution in [0.3, 0.4) is 0 Å². The maximum absolute atomic E-state index is 15.2. The lowest BCUT2D eigenvalue weighted by molar-refractivity contribution is -0.203. The molecule has 1 atom stereocenters. The first-order valence-corrected chi connectivity index (χ1v) is 8.37. The summed E-state index contributed by atoms with van der Waals surface area (Å²) in [5.41, 5.74) is -3.82. The quantitative estimate of drug-likeness (QED) is 0.622. The minimum absolute atomic E-state index is 0.409. The van der Waals surface area contributed by atoms with E-state index in [-0.39, 0.29) is 0 Å². The highest BCUT2D eigenvalue weighted by Gasteiger charge is 2.57. The Morgan fingerprint density at radius 1 is 1.20 bits per heavy atom. The van der Waals surface area contributed by atoms with Crippen LogP contribution in [0.2, 0.25) is 0 Å². The molecule has 0 saturated carbocycles. The van der Waals surface area contributed by atoms with Crippen LogP contribution in [0.15, 0.2) is 40.4 Å². The number of rotatable bonds is 5. The molecule has 3 rings (SSSR count). The van der Waals surface area contributed by atoms with Crippen molar-refractivity contribution in [2.24, 2.45) is 0 Å². The summed E-state index contributed by atoms with van der Waals surface area (Å²) in [5, 5.41) is 21.0. The summed E-state index contributed by atoms with van der Waals surface area (Å²) >= 11 is 3.76. The number of halogens is 5. The van der Waals surface area contributed by atoms with E-state index in [1.54, 1.807) is 0 Å². The second-order valence-corrected chi connectivity index (χ2v) is 7.63. The van der Waals surface area contributed by atoms with Crippen molar-refractivity contribution in [2.75, 3.05) is 0 Å². The van der Waals surface area contributed by atoms with Crippen molar-refractivity contribution in [3.63, 3.8) is 0 Å². The first-order chi connectivity index (χ1) is 11.7. The smallest absolute Gasteiger partial charge is 0.316 e. The molecule has 132 valence electrons. The van der Waals surface area contributed by atoms with Gasteiger partial charge in [0.05, 0.1) is 15.2 Å². The SMILES string of the molecule is OC(Cn1cnnn1)(c1ccc(F)cc1F)C(F)(F)c1ccc(Br)s1. The molecule has 5 nitrogen and oxygen atoms in total. The van der Waals surface area contributed by atoms with E-state index in [1.165, 1.54) is 6.07 Å². The zero-order valence-corrected chi connectivity index (χ0v) is 14.6. The van der Waals surface area contributed by atoms with Crippen molar-refractivity contribution in [3.05, 3.63) is 62.5 Å². The summed E-state index contributed by atoms with van der Waals surface area (Å²) in [6, 6.07) is 4.50. The predicted octanol–water partition coefficient (Wildman–Crippen LogP) is 3.46. The fraction of sp³-hybridized carbons (Fsp3) is 0.214. The van der Waals surface area contributed by atoms with Crippen LogP contribution >= 0.6 is 27.3 Å². The first-order valence-electron chi connectivity index (χ1n) is 6.76. The lowest BCUT2D eigenvalue weighted by Crippen LogP contribution is -2.47. The van der Waals surface area contributed by atoms with Gasteiger partial charge in [0.25, 0.3) is 0 Å². The van der Waals surface area contributed by atoms with Crippen LogP contribution in [0.4, 0.5) is 17.6 Å². The molecule has 3 aromatic rings. The number of aliphatic hydroxyl groups is 1. The van der Waals surface area contributed by atoms with E-state index in [0.717, 1.165) is 29.2 Å². The van der Waals surface area contributed by atoms with Crippen molar-refractivity contribution in [1.29, 1.82) is 0 Å². The maximum atomic E-state index is 15.2. The van der Waals surface area contributed by atoms with Gasteiger partial charge in [0.2, 0.25) is 0 Å². The fourth-order valence-electron chi connectivity index (χ4n) is 2.35. The minimum Gasteiger partial charge on any atom is -0.377 e. The van der Waals surface area contributed by atoms with E-state index in [9.17, 15) is 13.9 Å². The zero-order valence-electron chi connectivity index (χ0n) is 12.2. The van der Waals surface area contributed by atoms with Crippen LogP contribution in [0, 0.1) is 11.6 Å². The molecule has 1 unspecified atom stereocenters. The van der Waals surface area contributed by atoms with Crippen molar-refractivity contribution in [2.45, 2.75) is 18.1 Å². The molecule has 11 heteroatoms. The molecule has 0 spiro atoms. The van der Waals surface area contributed by atoms with E-state index >= 15 is 8.78 Å². The molecular formula is C14H9BrF4N4OS. The van der Waals surface area contributed by atoms with Crippen LogP contribution in [0.25, 0.3) is 0 Å². The summed E-state index contributed by atoms with van der Waals surface area (Å²) < 4.78 is 59.0. The fourth-order valence-corrected chi connectivity index (χ4v) is 3.79. The van der Waals surface area contributed by atoms with Gasteiger partial charge in [-0.3, -0.25) is 0 Å². The summed E-state index contributed by atoms with van der Waals surface area (Å²) in [4.78, 5) is -0.501. The third kappa shape index (κ3) is 3.18. The van der Waals surface area contributed by atoms with Gasteiger partial charge in [-0.25, -0.2) is 13.5 Å². The lowest BCUT2D eigenvalue weighted by atomic mass is 9.85. The van der Waals surface area contributed by atoms with Gasteiger partial charge in [-0.1, -0.05) is 0 Å². The summed E-state index contributed by atoms with van der Waals surface area (Å²) in [7, 11) is 0. The van der Waals surface area contributed by atoms with Gasteiger partial charge in [-0.05, 0) is 50.6 Å². The molecule has 0 amide bonds. The van der Waals surface area contributed by atoms with Gasteiger partial charge < -0.3 is 5.11 Å². The topological polar surface area (TPSA) is 63.8 Å². The first kappa shape index (κ1) is 18.0. The minimum atomic E-state index is -3.91. The van der Waals surface area contributed by atoms with Crippen molar-refractivity contribution < 1.29 is 22.7 Å². The number of alkyl halides is 2. The van der Waals surface area contributed by atoms with E-state index < -0.39 is 40.1 Å². The Balaban J connectivity index is 2.17. The second kappa shape index (κ2) is 6.46. The normalized spacial score (nSPS) is 14.5. The van der Waals surface area contributed by atoms with Gasteiger partial charge in [0.1, 0.15) is 18.0 Å². The highest BCUT2D eigenvalue weighted by molar-refractivity contribution is 9.11. The van der Waals surface area contributed by atoms with E-state index in [2.05, 4.69) is 31.5 Å². The monoisotopic (exact) mass is 436 g/mol. The van der Waals surface area contributed by atoms with Crippen LogP contribution in [0.5, 0.6) is 0 Å². The highest BCUT2D eigenvalue weighted by atomic mass is 79.9. The molecule has 1 aromatic carbocycles. The van der Waals surface area contributed by atoms with Gasteiger partial charge in [0.15, 0.2) is 5.60 Å². The standard InChI is InChI=1S/C14H9BrF4N4OS/c15-12-4-3-11(25-12)14(18,19)13(24,6-23-7-20-21-22-23)9-2-1-8(16)5-10(9)17/h1-5,7,24H,6H2. The molecule has 25 heavy (non-hydrogen) atoms. The van der Waals surface area contributed by atoms with E-state index in [0.29, 0.717) is 21.2 Å². The number of thiophene rings is 1. The molecule has 0 fully saturated rings. The number of hydrogen-bond donors (Lipinski definition) is 1. The van der Waals surface area contributed by atoms with Crippen LogP contribution in [0.1, 0.15) is 10.4 Å². The Morgan fingerprint density at radius 3 is 2.52 bits per heavy atom. The Hall–Kier alpha value is -1.85. The van der Waals surface area contributed by atoms with E-state index in [1.807, 2.05) is 0 Å². The van der Waals surface area contributed by atoms with Crippen molar-refractivity contribution in [1.82, 2.24) is 20.2 Å². The molecule has 2 heterocycles. The van der Waals surface area contributed by atoms with Gasteiger partial charge >= 0.3 is 5.92 Å². The van der Waals surface area contributed by atoms with Crippen LogP contribution < -0.4 is 0 Å². The molecule has 1 N–H and O–H groups in total. The Bertz CT molecular complexity index is 889. The summed E-state index contributed by atoms with van der Waals surface area (Å²) in [5.74, 6) is -6.16. The molecule has 0 aliphatic heterocycles. The predicted molar refractivity (Wildman–Crippen MR) is 84.0 cm³/mol. The number of nitrogens with zero attached hydrogens (tertiary/aromatic N) is 4. The number of aromatic nitrogens is 4. The number of hydrogen-bond acceptors (Lipinski definition) is 5. The van der Waals surface area contributed by atoms with Crippen molar-refractivity contribution in [3.8, 4) is 0 Å². The van der Waals surface area contributed by atoms with Crippen LogP contribution in [-0.4, -0.2) is 25.3 Å². The molecular weight excluding hydrogens is 428 g/mol. The largest absolute Gasteiger partial charge is 0.377 e. The van der Waals surface area contributed by atoms with E-state index in [4.69, 9.17) is 0 Å². The Kier molecular flexibility index (Phi) is 4.64. The summed E-state index contributed by atoms with van der Waals surface area (Å²) in [6.45, 7) is -0.842. The van der Waals surface area contributed by atoms with Gasteiger partial charge in [-0.2, -0.15) is 8.78 Å². The number of tetrazole rings is 1. The third-order valence-corrected chi connectivity index (χ3v) is 5.25. The molecule has 0 radical (unpaired) electrons. The number of benzene rings is 1. The average molecular weight is 437 g/mol. The molecule has 0 aliphatic carbocycles. The van der Waals surface area contributed by atoms with Crippen LogP contribution in [-0.2, 0) is 18.1 Å². The molecule has 0 saturated heterocycles. The Labute approximate surface area is 151 Å². The molecule has 0 bridgehead atoms. The molecule has 0 aliphatic rings. The molecule has 2 aromatic heterocycles. The maximum Gasteiger partial charge on any atom is 0.316 e. The summed E-state index contributed by atoms with van der Waals surface area (Å²) in [6.07, 6.45) is 1.01. The van der Waals surface area contributed by atoms with Crippen molar-refractivity contribution >= 4 is 27.3 Å². The highest BCUT2D eigenvalue weighted by Crippen LogP contribution is 2.49. The zero-order chi connectivity index (χ0) is 18.2. The average Bonchev–Trinajstić information content (AvgIpc) is 3.18. The Morgan fingerprint density at radius 2 is 1.96 bits per heavy atom. The van der Waals surface area contributed by atoms with Gasteiger partial charge in [-0.15, -0.1) is 16.4 Å². The third-order valence-electron chi connectivity index (χ3n) is 3.56. The van der Waals surface area contributed by atoms with Gasteiger partial charge in [0, 0.05) is 11.6 Å².